The fourth-order valence-electron chi connectivity index (χ4n) is 1.35. The maximum Gasteiger partial charge on any atom is 0.344 e. The standard InChI is InChI=1S/C10H17N3O4S/c1-16-5-6(14)3-4-12-9-7(10(15)17-2)8(11)13-18-9/h6,12,14H,3-5H2,1-2H3,(H2,11,13). The molecule has 0 spiro atoms. The largest absolute Gasteiger partial charge is 0.465 e. The molecule has 1 aromatic heterocycles. The van der Waals surface area contributed by atoms with Gasteiger partial charge in [0, 0.05) is 13.7 Å². The van der Waals surface area contributed by atoms with Gasteiger partial charge in [0.15, 0.2) is 5.82 Å². The highest BCUT2D eigenvalue weighted by molar-refractivity contribution is 7.11. The summed E-state index contributed by atoms with van der Waals surface area (Å²) in [4.78, 5) is 11.5. The van der Waals surface area contributed by atoms with Crippen LogP contribution < -0.4 is 11.1 Å². The number of hydrogen-bond donors (Lipinski definition) is 3. The Balaban J connectivity index is 2.55. The molecule has 8 heteroatoms. The third kappa shape index (κ3) is 3.83. The van der Waals surface area contributed by atoms with Crippen molar-refractivity contribution in [3.8, 4) is 0 Å². The van der Waals surface area contributed by atoms with Crippen LogP contribution in [0, 0.1) is 0 Å². The van der Waals surface area contributed by atoms with Crippen molar-refractivity contribution in [2.24, 2.45) is 0 Å². The van der Waals surface area contributed by atoms with E-state index in [1.54, 1.807) is 0 Å². The number of aliphatic hydroxyl groups is 1. The minimum Gasteiger partial charge on any atom is -0.465 e. The Kier molecular flexibility index (Phi) is 5.83. The summed E-state index contributed by atoms with van der Waals surface area (Å²) in [7, 11) is 2.81. The van der Waals surface area contributed by atoms with E-state index in [4.69, 9.17) is 10.5 Å². The monoisotopic (exact) mass is 275 g/mol. The number of aliphatic hydroxyl groups excluding tert-OH is 1. The van der Waals surface area contributed by atoms with Gasteiger partial charge in [0.05, 0.1) is 19.8 Å². The summed E-state index contributed by atoms with van der Waals surface area (Å²) in [6, 6.07) is 0. The highest BCUT2D eigenvalue weighted by atomic mass is 32.1. The van der Waals surface area contributed by atoms with Crippen LogP contribution in [-0.4, -0.2) is 48.9 Å². The second-order valence-corrected chi connectivity index (χ2v) is 4.36. The van der Waals surface area contributed by atoms with Gasteiger partial charge in [-0.3, -0.25) is 0 Å². The van der Waals surface area contributed by atoms with E-state index in [9.17, 15) is 9.90 Å². The fraction of sp³-hybridized carbons (Fsp3) is 0.600. The van der Waals surface area contributed by atoms with Crippen LogP contribution in [0.2, 0.25) is 0 Å². The summed E-state index contributed by atoms with van der Waals surface area (Å²) in [6.45, 7) is 0.756. The number of nitrogens with two attached hydrogens (primary N) is 1. The summed E-state index contributed by atoms with van der Waals surface area (Å²) in [5.41, 5.74) is 5.83. The molecule has 1 aromatic rings. The van der Waals surface area contributed by atoms with E-state index in [-0.39, 0.29) is 18.0 Å². The van der Waals surface area contributed by atoms with Crippen LogP contribution in [-0.2, 0) is 9.47 Å². The number of nitrogen functional groups attached to an aromatic ring is 1. The van der Waals surface area contributed by atoms with E-state index in [1.807, 2.05) is 0 Å². The quantitative estimate of drug-likeness (QED) is 0.615. The molecule has 7 nitrogen and oxygen atoms in total. The number of anilines is 2. The predicted molar refractivity (Wildman–Crippen MR) is 68.9 cm³/mol. The Labute approximate surface area is 109 Å². The maximum absolute atomic E-state index is 11.5. The number of carbonyl (C=O) groups excluding carboxylic acids is 1. The van der Waals surface area contributed by atoms with Crippen molar-refractivity contribution in [2.45, 2.75) is 12.5 Å². The zero-order valence-corrected chi connectivity index (χ0v) is 11.1. The van der Waals surface area contributed by atoms with Crippen molar-refractivity contribution < 1.29 is 19.4 Å². The number of hydrogen-bond acceptors (Lipinski definition) is 8. The molecule has 1 heterocycles. The second kappa shape index (κ2) is 7.14. The zero-order valence-electron chi connectivity index (χ0n) is 10.3. The topological polar surface area (TPSA) is 107 Å². The first kappa shape index (κ1) is 14.7. The number of aromatic nitrogens is 1. The normalized spacial score (nSPS) is 12.2. The van der Waals surface area contributed by atoms with Gasteiger partial charge >= 0.3 is 5.97 Å². The first-order chi connectivity index (χ1) is 8.60. The van der Waals surface area contributed by atoms with Gasteiger partial charge < -0.3 is 25.6 Å². The van der Waals surface area contributed by atoms with Gasteiger partial charge in [-0.1, -0.05) is 0 Å². The van der Waals surface area contributed by atoms with Crippen molar-refractivity contribution in [2.75, 3.05) is 38.4 Å². The molecule has 0 aliphatic heterocycles. The third-order valence-corrected chi connectivity index (χ3v) is 3.05. The molecule has 1 unspecified atom stereocenters. The molecule has 1 atom stereocenters. The van der Waals surface area contributed by atoms with Gasteiger partial charge in [-0.25, -0.2) is 4.79 Å². The van der Waals surface area contributed by atoms with E-state index in [1.165, 1.54) is 14.2 Å². The molecular weight excluding hydrogens is 258 g/mol. The molecule has 0 aliphatic carbocycles. The van der Waals surface area contributed by atoms with Crippen molar-refractivity contribution in [3.05, 3.63) is 5.56 Å². The molecule has 0 radical (unpaired) electrons. The van der Waals surface area contributed by atoms with Gasteiger partial charge in [0.25, 0.3) is 0 Å². The summed E-state index contributed by atoms with van der Waals surface area (Å²) in [5.74, 6) is -0.382. The lowest BCUT2D eigenvalue weighted by Gasteiger charge is -2.10. The Morgan fingerprint density at radius 2 is 2.33 bits per heavy atom. The number of nitrogens with zero attached hydrogens (tertiary/aromatic N) is 1. The minimum atomic E-state index is -0.547. The van der Waals surface area contributed by atoms with Crippen molar-refractivity contribution in [1.29, 1.82) is 0 Å². The van der Waals surface area contributed by atoms with Gasteiger partial charge in [0.2, 0.25) is 0 Å². The molecule has 0 bridgehead atoms. The second-order valence-electron chi connectivity index (χ2n) is 3.59. The molecular formula is C10H17N3O4S. The van der Waals surface area contributed by atoms with E-state index in [0.717, 1.165) is 11.5 Å². The molecule has 0 aliphatic rings. The van der Waals surface area contributed by atoms with Crippen LogP contribution in [0.15, 0.2) is 0 Å². The van der Waals surface area contributed by atoms with Crippen LogP contribution in [0.1, 0.15) is 16.8 Å². The van der Waals surface area contributed by atoms with Gasteiger partial charge in [-0.15, -0.1) is 0 Å². The van der Waals surface area contributed by atoms with E-state index >= 15 is 0 Å². The van der Waals surface area contributed by atoms with Crippen LogP contribution in [0.4, 0.5) is 10.8 Å². The Hall–Kier alpha value is -1.38. The fourth-order valence-corrected chi connectivity index (χ4v) is 2.08. The van der Waals surface area contributed by atoms with Crippen LogP contribution in [0.25, 0.3) is 0 Å². The SMILES string of the molecule is COCC(O)CCNc1snc(N)c1C(=O)OC. The van der Waals surface area contributed by atoms with Gasteiger partial charge in [-0.05, 0) is 18.0 Å². The summed E-state index contributed by atoms with van der Waals surface area (Å²) >= 11 is 1.09. The molecule has 4 N–H and O–H groups in total. The third-order valence-electron chi connectivity index (χ3n) is 2.23. The molecule has 0 aromatic carbocycles. The lowest BCUT2D eigenvalue weighted by atomic mass is 10.2. The zero-order chi connectivity index (χ0) is 13.5. The maximum atomic E-state index is 11.5. The molecule has 0 saturated carbocycles. The predicted octanol–water partition coefficient (Wildman–Crippen LogP) is 0.321. The molecule has 18 heavy (non-hydrogen) atoms. The molecule has 102 valence electrons. The van der Waals surface area contributed by atoms with Crippen molar-refractivity contribution in [3.63, 3.8) is 0 Å². The highest BCUT2D eigenvalue weighted by Crippen LogP contribution is 2.27. The summed E-state index contributed by atoms with van der Waals surface area (Å²) in [5, 5.41) is 13.0. The lowest BCUT2D eigenvalue weighted by Crippen LogP contribution is -2.18. The van der Waals surface area contributed by atoms with Gasteiger partial charge in [0.1, 0.15) is 10.6 Å². The number of carbonyl (C=O) groups is 1. The van der Waals surface area contributed by atoms with E-state index in [0.29, 0.717) is 18.0 Å². The Morgan fingerprint density at radius 1 is 1.61 bits per heavy atom. The molecule has 0 amide bonds. The Bertz CT molecular complexity index is 396. The number of rotatable bonds is 7. The molecule has 0 fully saturated rings. The van der Waals surface area contributed by atoms with E-state index < -0.39 is 12.1 Å². The number of methoxy groups -OCH3 is 2. The van der Waals surface area contributed by atoms with Crippen LogP contribution in [0.3, 0.4) is 0 Å². The van der Waals surface area contributed by atoms with Crippen molar-refractivity contribution >= 4 is 28.3 Å². The first-order valence-electron chi connectivity index (χ1n) is 5.34. The molecule has 1 rings (SSSR count). The van der Waals surface area contributed by atoms with Crippen molar-refractivity contribution in [1.82, 2.24) is 4.37 Å². The average Bonchev–Trinajstić information content (AvgIpc) is 2.70. The van der Waals surface area contributed by atoms with E-state index in [2.05, 4.69) is 14.4 Å². The van der Waals surface area contributed by atoms with Crippen LogP contribution in [0.5, 0.6) is 0 Å². The Morgan fingerprint density at radius 3 is 2.94 bits per heavy atom. The minimum absolute atomic E-state index is 0.145. The smallest absolute Gasteiger partial charge is 0.344 e. The lowest BCUT2D eigenvalue weighted by molar-refractivity contribution is 0.0603. The summed E-state index contributed by atoms with van der Waals surface area (Å²) in [6.07, 6.45) is -0.0546. The number of esters is 1. The first-order valence-corrected chi connectivity index (χ1v) is 6.11. The van der Waals surface area contributed by atoms with Crippen LogP contribution >= 0.6 is 11.5 Å². The van der Waals surface area contributed by atoms with Gasteiger partial charge in [-0.2, -0.15) is 4.37 Å². The number of ether oxygens (including phenoxy) is 2. The summed E-state index contributed by atoms with van der Waals surface area (Å²) < 4.78 is 13.3. The number of nitrogens with one attached hydrogen (secondary N) is 1. The molecule has 0 saturated heterocycles. The highest BCUT2D eigenvalue weighted by Gasteiger charge is 2.19. The average molecular weight is 275 g/mol.